The van der Waals surface area contributed by atoms with Crippen molar-refractivity contribution in [3.8, 4) is 29.1 Å². The SMILES string of the molecule is Cc1nn(C)c2c1-c1cc3c(n[nH]c3cn1)/C=C/c1c(OCC#N)nn(CCO)c1CN(C)CCO2. The maximum Gasteiger partial charge on any atom is 0.241 e. The first-order valence-corrected chi connectivity index (χ1v) is 11.6. The number of hydrogen-bond donors (Lipinski definition) is 2. The average molecular weight is 490 g/mol. The molecule has 186 valence electrons. The van der Waals surface area contributed by atoms with E-state index in [0.29, 0.717) is 43.7 Å². The lowest BCUT2D eigenvalue weighted by molar-refractivity contribution is 0.215. The number of nitriles is 1. The van der Waals surface area contributed by atoms with Crippen LogP contribution in [0.4, 0.5) is 0 Å². The smallest absolute Gasteiger partial charge is 0.241 e. The molecule has 5 rings (SSSR count). The summed E-state index contributed by atoms with van der Waals surface area (Å²) in [5, 5.41) is 36.2. The summed E-state index contributed by atoms with van der Waals surface area (Å²) in [6.07, 6.45) is 5.53. The minimum Gasteiger partial charge on any atom is -0.476 e. The van der Waals surface area contributed by atoms with Crippen LogP contribution in [-0.2, 0) is 20.1 Å². The number of aromatic nitrogens is 7. The molecule has 0 amide bonds. The summed E-state index contributed by atoms with van der Waals surface area (Å²) < 4.78 is 15.3. The third-order valence-corrected chi connectivity index (χ3v) is 6.09. The van der Waals surface area contributed by atoms with Crippen LogP contribution in [0.2, 0.25) is 0 Å². The zero-order valence-corrected chi connectivity index (χ0v) is 20.4. The monoisotopic (exact) mass is 489 g/mol. The molecule has 0 aromatic carbocycles. The number of ether oxygens (including phenoxy) is 2. The quantitative estimate of drug-likeness (QED) is 0.438. The van der Waals surface area contributed by atoms with Crippen LogP contribution in [0.5, 0.6) is 11.8 Å². The molecule has 0 fully saturated rings. The lowest BCUT2D eigenvalue weighted by Gasteiger charge is -2.18. The number of likely N-dealkylation sites (N-methyl/N-ethyl adjacent to an activating group) is 1. The maximum absolute atomic E-state index is 9.62. The molecule has 1 aliphatic rings. The van der Waals surface area contributed by atoms with Crippen LogP contribution in [0.15, 0.2) is 12.3 Å². The van der Waals surface area contributed by atoms with Gasteiger partial charge in [-0.05, 0) is 32.2 Å². The van der Waals surface area contributed by atoms with E-state index in [0.717, 1.165) is 39.1 Å². The molecule has 0 saturated heterocycles. The molecule has 12 heteroatoms. The van der Waals surface area contributed by atoms with Gasteiger partial charge in [-0.3, -0.25) is 19.7 Å². The van der Waals surface area contributed by atoms with E-state index in [4.69, 9.17) is 14.7 Å². The summed E-state index contributed by atoms with van der Waals surface area (Å²) in [7, 11) is 3.84. The lowest BCUT2D eigenvalue weighted by atomic mass is 10.1. The topological polar surface area (TPSA) is 143 Å². The molecule has 4 aromatic rings. The molecule has 5 heterocycles. The molecule has 0 spiro atoms. The van der Waals surface area contributed by atoms with Gasteiger partial charge in [-0.2, -0.15) is 15.5 Å². The Bertz CT molecular complexity index is 1470. The number of nitrogens with zero attached hydrogens (tertiary/aromatic N) is 8. The Morgan fingerprint density at radius 3 is 2.94 bits per heavy atom. The van der Waals surface area contributed by atoms with Crippen LogP contribution in [-0.4, -0.2) is 78.2 Å². The Morgan fingerprint density at radius 2 is 2.14 bits per heavy atom. The van der Waals surface area contributed by atoms with Crippen molar-refractivity contribution >= 4 is 23.1 Å². The van der Waals surface area contributed by atoms with Crippen LogP contribution < -0.4 is 9.47 Å². The highest BCUT2D eigenvalue weighted by molar-refractivity contribution is 5.92. The summed E-state index contributed by atoms with van der Waals surface area (Å²) in [6.45, 7) is 3.61. The first kappa shape index (κ1) is 23.5. The molecule has 36 heavy (non-hydrogen) atoms. The number of rotatable bonds is 4. The zero-order chi connectivity index (χ0) is 25.2. The van der Waals surface area contributed by atoms with E-state index in [2.05, 4.69) is 30.3 Å². The number of aliphatic hydroxyl groups excluding tert-OH is 1. The number of nitrogens with one attached hydrogen (secondary N) is 1. The van der Waals surface area contributed by atoms with E-state index < -0.39 is 0 Å². The number of aromatic amines is 1. The maximum atomic E-state index is 9.62. The van der Waals surface area contributed by atoms with E-state index in [1.165, 1.54) is 0 Å². The number of hydrogen-bond acceptors (Lipinski definition) is 9. The normalized spacial score (nSPS) is 15.0. The number of aliphatic hydroxyl groups is 1. The Labute approximate surface area is 207 Å². The number of pyridine rings is 1. The van der Waals surface area contributed by atoms with Crippen LogP contribution in [0.3, 0.4) is 0 Å². The van der Waals surface area contributed by atoms with E-state index in [-0.39, 0.29) is 13.2 Å². The summed E-state index contributed by atoms with van der Waals surface area (Å²) in [4.78, 5) is 6.74. The Morgan fingerprint density at radius 1 is 1.28 bits per heavy atom. The first-order valence-electron chi connectivity index (χ1n) is 11.6. The minimum absolute atomic E-state index is 0.0786. The third kappa shape index (κ3) is 4.30. The van der Waals surface area contributed by atoms with Crippen LogP contribution in [0.25, 0.3) is 34.3 Å². The second kappa shape index (κ2) is 9.80. The van der Waals surface area contributed by atoms with Gasteiger partial charge in [-0.25, -0.2) is 4.68 Å². The summed E-state index contributed by atoms with van der Waals surface area (Å²) in [5.41, 5.74) is 5.52. The Kier molecular flexibility index (Phi) is 6.41. The van der Waals surface area contributed by atoms with Gasteiger partial charge in [0.1, 0.15) is 12.7 Å². The van der Waals surface area contributed by atoms with Crippen molar-refractivity contribution in [3.05, 3.63) is 34.9 Å². The average Bonchev–Trinajstić information content (AvgIpc) is 3.49. The molecule has 0 saturated carbocycles. The van der Waals surface area contributed by atoms with Gasteiger partial charge in [0.15, 0.2) is 6.61 Å². The minimum atomic E-state index is -0.133. The molecular formula is C24H27N9O3. The number of fused-ring (bicyclic) bond motifs is 4. The van der Waals surface area contributed by atoms with Crippen LogP contribution >= 0.6 is 0 Å². The number of H-pyrrole nitrogens is 1. The zero-order valence-electron chi connectivity index (χ0n) is 20.4. The summed E-state index contributed by atoms with van der Waals surface area (Å²) in [5.74, 6) is 0.989. The van der Waals surface area contributed by atoms with Crippen LogP contribution in [0, 0.1) is 18.3 Å². The highest BCUT2D eigenvalue weighted by atomic mass is 16.5. The molecule has 0 aliphatic carbocycles. The van der Waals surface area contributed by atoms with Gasteiger partial charge in [0.25, 0.3) is 0 Å². The van der Waals surface area contributed by atoms with Crippen molar-refractivity contribution in [2.75, 3.05) is 33.4 Å². The standard InChI is InChI=1S/C24H27N9O3/c1-15-22-19-12-17-18(27-28-20(17)13-26-19)5-4-16-21(33(7-9-34)30-23(16)35-10-6-25)14-31(2)8-11-36-24(22)32(3)29-15/h4-5,12-13,34H,7-11,14H2,1-3H3,(H,27,28)/b5-4+. The fourth-order valence-electron chi connectivity index (χ4n) is 4.40. The predicted molar refractivity (Wildman–Crippen MR) is 132 cm³/mol. The molecule has 2 N–H and O–H groups in total. The molecule has 2 bridgehead atoms. The predicted octanol–water partition coefficient (Wildman–Crippen LogP) is 1.75. The van der Waals surface area contributed by atoms with Gasteiger partial charge < -0.3 is 14.6 Å². The fourth-order valence-corrected chi connectivity index (χ4v) is 4.40. The van der Waals surface area contributed by atoms with Gasteiger partial charge >= 0.3 is 0 Å². The number of aryl methyl sites for hydroxylation is 2. The van der Waals surface area contributed by atoms with Crippen LogP contribution in [0.1, 0.15) is 22.6 Å². The molecule has 12 nitrogen and oxygen atoms in total. The van der Waals surface area contributed by atoms with Crippen molar-refractivity contribution < 1.29 is 14.6 Å². The largest absolute Gasteiger partial charge is 0.476 e. The van der Waals surface area contributed by atoms with Gasteiger partial charge in [0.2, 0.25) is 11.8 Å². The second-order valence-electron chi connectivity index (χ2n) is 8.59. The van der Waals surface area contributed by atoms with Gasteiger partial charge in [0.05, 0.1) is 58.8 Å². The first-order chi connectivity index (χ1) is 17.5. The lowest BCUT2D eigenvalue weighted by Crippen LogP contribution is -2.26. The molecule has 0 radical (unpaired) electrons. The summed E-state index contributed by atoms with van der Waals surface area (Å²) >= 11 is 0. The summed E-state index contributed by atoms with van der Waals surface area (Å²) in [6, 6.07) is 3.97. The third-order valence-electron chi connectivity index (χ3n) is 6.09. The highest BCUT2D eigenvalue weighted by Crippen LogP contribution is 2.34. The van der Waals surface area contributed by atoms with E-state index in [9.17, 15) is 5.11 Å². The van der Waals surface area contributed by atoms with Crippen molar-refractivity contribution in [1.82, 2.24) is 39.6 Å². The fraction of sp³-hybridized carbons (Fsp3) is 0.375. The van der Waals surface area contributed by atoms with Gasteiger partial charge in [0, 0.05) is 25.5 Å². The molecule has 4 aromatic heterocycles. The van der Waals surface area contributed by atoms with E-state index in [1.54, 1.807) is 15.6 Å². The van der Waals surface area contributed by atoms with Crippen molar-refractivity contribution in [2.24, 2.45) is 7.05 Å². The van der Waals surface area contributed by atoms with Crippen molar-refractivity contribution in [2.45, 2.75) is 20.0 Å². The second-order valence-corrected chi connectivity index (χ2v) is 8.59. The Balaban J connectivity index is 1.68. The van der Waals surface area contributed by atoms with E-state index >= 15 is 0 Å². The van der Waals surface area contributed by atoms with Gasteiger partial charge in [-0.15, -0.1) is 5.10 Å². The van der Waals surface area contributed by atoms with E-state index in [1.807, 2.05) is 45.3 Å². The van der Waals surface area contributed by atoms with Crippen molar-refractivity contribution in [3.63, 3.8) is 0 Å². The molecule has 0 atom stereocenters. The molecule has 1 aliphatic heterocycles. The molecule has 0 unspecified atom stereocenters. The Hall–Kier alpha value is -4.21. The van der Waals surface area contributed by atoms with Gasteiger partial charge in [-0.1, -0.05) is 0 Å². The molecular weight excluding hydrogens is 462 g/mol. The van der Waals surface area contributed by atoms with Crippen molar-refractivity contribution in [1.29, 1.82) is 5.26 Å². The highest BCUT2D eigenvalue weighted by Gasteiger charge is 2.22.